The zero-order chi connectivity index (χ0) is 12.1. The Morgan fingerprint density at radius 3 is 2.12 bits per heavy atom. The Morgan fingerprint density at radius 1 is 1.18 bits per heavy atom. The van der Waals surface area contributed by atoms with E-state index in [4.69, 9.17) is 4.74 Å². The molecule has 2 aliphatic carbocycles. The van der Waals surface area contributed by atoms with E-state index in [1.807, 2.05) is 0 Å². The van der Waals surface area contributed by atoms with E-state index in [0.29, 0.717) is 6.04 Å². The van der Waals surface area contributed by atoms with Gasteiger partial charge in [0.1, 0.15) is 0 Å². The van der Waals surface area contributed by atoms with E-state index in [1.54, 1.807) is 7.11 Å². The third-order valence-corrected chi connectivity index (χ3v) is 4.63. The van der Waals surface area contributed by atoms with Gasteiger partial charge in [-0.25, -0.2) is 0 Å². The molecule has 0 aromatic heterocycles. The van der Waals surface area contributed by atoms with Crippen LogP contribution >= 0.6 is 0 Å². The van der Waals surface area contributed by atoms with Crippen LogP contribution in [0.15, 0.2) is 0 Å². The molecule has 0 spiro atoms. The Hall–Kier alpha value is -0.120. The van der Waals surface area contributed by atoms with E-state index in [0.717, 1.165) is 24.9 Å². The molecule has 0 aliphatic heterocycles. The highest BCUT2D eigenvalue weighted by Gasteiger charge is 2.36. The first kappa shape index (κ1) is 13.3. The average Bonchev–Trinajstić information content (AvgIpc) is 2.18. The van der Waals surface area contributed by atoms with Crippen LogP contribution in [-0.4, -0.2) is 37.5 Å². The SMILES string of the molecule is COCCC(CO)NC(C1CCC1)C1CCC1. The van der Waals surface area contributed by atoms with Gasteiger partial charge in [-0.2, -0.15) is 0 Å². The number of hydrogen-bond acceptors (Lipinski definition) is 3. The van der Waals surface area contributed by atoms with Crippen molar-refractivity contribution in [3.05, 3.63) is 0 Å². The highest BCUT2D eigenvalue weighted by atomic mass is 16.5. The summed E-state index contributed by atoms with van der Waals surface area (Å²) < 4.78 is 5.11. The standard InChI is InChI=1S/C14H27NO2/c1-17-9-8-13(10-16)15-14(11-4-2-5-11)12-6-3-7-12/h11-16H,2-10H2,1H3. The molecule has 2 fully saturated rings. The normalized spacial score (nSPS) is 23.5. The van der Waals surface area contributed by atoms with E-state index >= 15 is 0 Å². The molecule has 2 aliphatic rings. The second-order valence-corrected chi connectivity index (χ2v) is 5.74. The fourth-order valence-electron chi connectivity index (χ4n) is 3.01. The molecule has 1 unspecified atom stereocenters. The van der Waals surface area contributed by atoms with E-state index in [9.17, 15) is 5.11 Å². The lowest BCUT2D eigenvalue weighted by Crippen LogP contribution is -2.52. The topological polar surface area (TPSA) is 41.5 Å². The number of ether oxygens (including phenoxy) is 1. The van der Waals surface area contributed by atoms with Crippen LogP contribution in [-0.2, 0) is 4.74 Å². The molecule has 3 nitrogen and oxygen atoms in total. The van der Waals surface area contributed by atoms with Gasteiger partial charge in [0, 0.05) is 25.8 Å². The predicted molar refractivity (Wildman–Crippen MR) is 69.0 cm³/mol. The van der Waals surface area contributed by atoms with Crippen LogP contribution in [0, 0.1) is 11.8 Å². The zero-order valence-electron chi connectivity index (χ0n) is 11.0. The maximum absolute atomic E-state index is 9.43. The molecule has 3 heteroatoms. The maximum Gasteiger partial charge on any atom is 0.0585 e. The minimum Gasteiger partial charge on any atom is -0.395 e. The van der Waals surface area contributed by atoms with Crippen molar-refractivity contribution in [2.75, 3.05) is 20.3 Å². The lowest BCUT2D eigenvalue weighted by atomic mass is 9.68. The molecule has 1 atom stereocenters. The number of aliphatic hydroxyl groups is 1. The molecule has 0 aromatic carbocycles. The smallest absolute Gasteiger partial charge is 0.0585 e. The largest absolute Gasteiger partial charge is 0.395 e. The Labute approximate surface area is 105 Å². The molecule has 2 saturated carbocycles. The van der Waals surface area contributed by atoms with Gasteiger partial charge in [-0.15, -0.1) is 0 Å². The highest BCUT2D eigenvalue weighted by molar-refractivity contribution is 4.92. The van der Waals surface area contributed by atoms with Crippen LogP contribution in [0.5, 0.6) is 0 Å². The molecule has 0 bridgehead atoms. The van der Waals surface area contributed by atoms with E-state index in [1.165, 1.54) is 38.5 Å². The molecular formula is C14H27NO2. The third-order valence-electron chi connectivity index (χ3n) is 4.63. The molecule has 0 amide bonds. The molecule has 0 aromatic rings. The quantitative estimate of drug-likeness (QED) is 0.682. The Kier molecular flexibility index (Phi) is 5.26. The van der Waals surface area contributed by atoms with Crippen molar-refractivity contribution < 1.29 is 9.84 Å². The number of rotatable bonds is 8. The summed E-state index contributed by atoms with van der Waals surface area (Å²) in [7, 11) is 1.73. The van der Waals surface area contributed by atoms with E-state index in [-0.39, 0.29) is 12.6 Å². The van der Waals surface area contributed by atoms with E-state index in [2.05, 4.69) is 5.32 Å². The molecule has 2 rings (SSSR count). The predicted octanol–water partition coefficient (Wildman–Crippen LogP) is 1.94. The third kappa shape index (κ3) is 3.43. The van der Waals surface area contributed by atoms with Gasteiger partial charge in [0.15, 0.2) is 0 Å². The lowest BCUT2D eigenvalue weighted by molar-refractivity contribution is 0.0890. The van der Waals surface area contributed by atoms with Crippen molar-refractivity contribution in [1.29, 1.82) is 0 Å². The van der Waals surface area contributed by atoms with Gasteiger partial charge in [0.2, 0.25) is 0 Å². The number of nitrogens with one attached hydrogen (secondary N) is 1. The van der Waals surface area contributed by atoms with Crippen LogP contribution in [0.3, 0.4) is 0 Å². The molecule has 0 saturated heterocycles. The van der Waals surface area contributed by atoms with Gasteiger partial charge in [-0.3, -0.25) is 0 Å². The van der Waals surface area contributed by atoms with Gasteiger partial charge in [-0.1, -0.05) is 12.8 Å². The van der Waals surface area contributed by atoms with Crippen molar-refractivity contribution in [2.24, 2.45) is 11.8 Å². The fraction of sp³-hybridized carbons (Fsp3) is 1.00. The second-order valence-electron chi connectivity index (χ2n) is 5.74. The summed E-state index contributed by atoms with van der Waals surface area (Å²) in [6.45, 7) is 0.972. The van der Waals surface area contributed by atoms with Gasteiger partial charge in [0.25, 0.3) is 0 Å². The van der Waals surface area contributed by atoms with Crippen molar-refractivity contribution >= 4 is 0 Å². The Morgan fingerprint density at radius 2 is 1.76 bits per heavy atom. The van der Waals surface area contributed by atoms with Gasteiger partial charge in [-0.05, 0) is 43.9 Å². The first-order valence-corrected chi connectivity index (χ1v) is 7.21. The average molecular weight is 241 g/mol. The first-order chi connectivity index (χ1) is 8.35. The van der Waals surface area contributed by atoms with Crippen LogP contribution in [0.25, 0.3) is 0 Å². The van der Waals surface area contributed by atoms with E-state index < -0.39 is 0 Å². The van der Waals surface area contributed by atoms with Crippen LogP contribution < -0.4 is 5.32 Å². The van der Waals surface area contributed by atoms with Gasteiger partial charge in [0.05, 0.1) is 6.61 Å². The Bertz CT molecular complexity index is 200. The molecule has 2 N–H and O–H groups in total. The van der Waals surface area contributed by atoms with Crippen LogP contribution in [0.2, 0.25) is 0 Å². The monoisotopic (exact) mass is 241 g/mol. The van der Waals surface area contributed by atoms with Crippen LogP contribution in [0.4, 0.5) is 0 Å². The summed E-state index contributed by atoms with van der Waals surface area (Å²) in [5, 5.41) is 13.1. The number of hydrogen-bond donors (Lipinski definition) is 2. The maximum atomic E-state index is 9.43. The summed E-state index contributed by atoms with van der Waals surface area (Å²) in [4.78, 5) is 0. The van der Waals surface area contributed by atoms with Crippen LogP contribution in [0.1, 0.15) is 44.9 Å². The summed E-state index contributed by atoms with van der Waals surface area (Å²) in [6.07, 6.45) is 9.26. The Balaban J connectivity index is 1.81. The van der Waals surface area contributed by atoms with Gasteiger partial charge < -0.3 is 15.2 Å². The molecule has 100 valence electrons. The molecule has 17 heavy (non-hydrogen) atoms. The van der Waals surface area contributed by atoms with Gasteiger partial charge >= 0.3 is 0 Å². The summed E-state index contributed by atoms with van der Waals surface area (Å²) in [6, 6.07) is 0.882. The highest BCUT2D eigenvalue weighted by Crippen LogP contribution is 2.40. The number of methoxy groups -OCH3 is 1. The number of aliphatic hydroxyl groups excluding tert-OH is 1. The van der Waals surface area contributed by atoms with Crippen molar-refractivity contribution in [3.63, 3.8) is 0 Å². The fourth-order valence-corrected chi connectivity index (χ4v) is 3.01. The van der Waals surface area contributed by atoms with Crippen molar-refractivity contribution in [1.82, 2.24) is 5.32 Å². The summed E-state index contributed by atoms with van der Waals surface area (Å²) in [5.41, 5.74) is 0. The molecular weight excluding hydrogens is 214 g/mol. The molecule has 0 radical (unpaired) electrons. The second kappa shape index (κ2) is 6.72. The minimum atomic E-state index is 0.223. The molecule has 0 heterocycles. The summed E-state index contributed by atoms with van der Waals surface area (Å²) in [5.74, 6) is 1.74. The zero-order valence-corrected chi connectivity index (χ0v) is 11.0. The minimum absolute atomic E-state index is 0.223. The lowest BCUT2D eigenvalue weighted by Gasteiger charge is -2.44. The van der Waals surface area contributed by atoms with Crippen molar-refractivity contribution in [2.45, 2.75) is 57.0 Å². The summed E-state index contributed by atoms with van der Waals surface area (Å²) >= 11 is 0. The first-order valence-electron chi connectivity index (χ1n) is 7.21. The van der Waals surface area contributed by atoms with Crippen molar-refractivity contribution in [3.8, 4) is 0 Å².